The van der Waals surface area contributed by atoms with Crippen LogP contribution in [-0.2, 0) is 12.8 Å². The first-order chi connectivity index (χ1) is 9.65. The molecule has 0 fully saturated rings. The number of nitrogens with one attached hydrogen (secondary N) is 1. The minimum absolute atomic E-state index is 0.331. The lowest BCUT2D eigenvalue weighted by Gasteiger charge is -2.17. The van der Waals surface area contributed by atoms with E-state index in [-0.39, 0.29) is 0 Å². The van der Waals surface area contributed by atoms with Crippen LogP contribution in [-0.4, -0.2) is 28.2 Å². The summed E-state index contributed by atoms with van der Waals surface area (Å²) in [4.78, 5) is 8.85. The number of hydrogen-bond donors (Lipinski definition) is 1. The van der Waals surface area contributed by atoms with Crippen LogP contribution in [0, 0.1) is 5.92 Å². The molecular formula is C15H22N4O. The van der Waals surface area contributed by atoms with Crippen molar-refractivity contribution in [3.63, 3.8) is 0 Å². The molecule has 0 bridgehead atoms. The predicted molar refractivity (Wildman–Crippen MR) is 78.3 cm³/mol. The Morgan fingerprint density at radius 2 is 2.15 bits per heavy atom. The molecule has 1 N–H and O–H groups in total. The molecule has 1 atom stereocenters. The maximum absolute atomic E-state index is 5.36. The van der Waals surface area contributed by atoms with Gasteiger partial charge < -0.3 is 9.84 Å². The molecule has 2 heterocycles. The number of likely N-dealkylation sites (N-methyl/N-ethyl adjacent to an activating group) is 1. The van der Waals surface area contributed by atoms with Crippen LogP contribution in [0.4, 0.5) is 0 Å². The Kier molecular flexibility index (Phi) is 4.84. The third-order valence-electron chi connectivity index (χ3n) is 3.52. The van der Waals surface area contributed by atoms with Crippen molar-refractivity contribution in [3.8, 4) is 11.5 Å². The summed E-state index contributed by atoms with van der Waals surface area (Å²) in [7, 11) is 1.95. The first kappa shape index (κ1) is 14.7. The van der Waals surface area contributed by atoms with Crippen molar-refractivity contribution in [1.29, 1.82) is 0 Å². The second-order valence-electron chi connectivity index (χ2n) is 5.22. The molecule has 0 aromatic carbocycles. The average molecular weight is 274 g/mol. The van der Waals surface area contributed by atoms with Gasteiger partial charge in [-0.2, -0.15) is 4.98 Å². The van der Waals surface area contributed by atoms with Crippen LogP contribution in [0.1, 0.15) is 32.2 Å². The Hall–Kier alpha value is -1.75. The molecule has 20 heavy (non-hydrogen) atoms. The van der Waals surface area contributed by atoms with E-state index in [0.29, 0.717) is 23.7 Å². The molecule has 2 aromatic heterocycles. The molecule has 5 nitrogen and oxygen atoms in total. The molecule has 0 saturated carbocycles. The van der Waals surface area contributed by atoms with Gasteiger partial charge in [0, 0.05) is 18.7 Å². The molecule has 0 aliphatic heterocycles. The summed E-state index contributed by atoms with van der Waals surface area (Å²) in [5.41, 5.74) is 1.95. The average Bonchev–Trinajstić information content (AvgIpc) is 2.92. The van der Waals surface area contributed by atoms with Crippen LogP contribution in [0.25, 0.3) is 11.5 Å². The van der Waals surface area contributed by atoms with Gasteiger partial charge >= 0.3 is 0 Å². The van der Waals surface area contributed by atoms with Crippen molar-refractivity contribution in [2.75, 3.05) is 7.05 Å². The fourth-order valence-electron chi connectivity index (χ4n) is 2.22. The Balaban J connectivity index is 2.20. The molecule has 1 unspecified atom stereocenters. The zero-order valence-corrected chi connectivity index (χ0v) is 12.6. The van der Waals surface area contributed by atoms with Crippen molar-refractivity contribution < 1.29 is 4.52 Å². The Labute approximate surface area is 119 Å². The van der Waals surface area contributed by atoms with Gasteiger partial charge in [-0.05, 0) is 31.0 Å². The van der Waals surface area contributed by atoms with Crippen LogP contribution in [0.2, 0.25) is 0 Å². The maximum atomic E-state index is 5.36. The van der Waals surface area contributed by atoms with Crippen molar-refractivity contribution in [2.45, 2.75) is 39.7 Å². The van der Waals surface area contributed by atoms with Gasteiger partial charge in [-0.3, -0.25) is 4.98 Å². The fourth-order valence-corrected chi connectivity index (χ4v) is 2.22. The highest BCUT2D eigenvalue weighted by atomic mass is 16.5. The second-order valence-corrected chi connectivity index (χ2v) is 5.22. The van der Waals surface area contributed by atoms with Crippen molar-refractivity contribution in [1.82, 2.24) is 20.4 Å². The molecule has 0 spiro atoms. The largest absolute Gasteiger partial charge is 0.339 e. The van der Waals surface area contributed by atoms with Gasteiger partial charge in [-0.1, -0.05) is 32.0 Å². The summed E-state index contributed by atoms with van der Waals surface area (Å²) in [6, 6.07) is 4.31. The standard InChI is InChI=1S/C15H22N4O/c1-5-11-7-6-8-17-14(11)15-18-13(20-19-15)9-12(16-4)10(2)3/h6-8,10,12,16H,5,9H2,1-4H3. The zero-order chi connectivity index (χ0) is 14.5. The van der Waals surface area contributed by atoms with Gasteiger partial charge in [0.05, 0.1) is 0 Å². The molecule has 2 aromatic rings. The summed E-state index contributed by atoms with van der Waals surface area (Å²) < 4.78 is 5.36. The zero-order valence-electron chi connectivity index (χ0n) is 12.6. The van der Waals surface area contributed by atoms with E-state index >= 15 is 0 Å². The minimum Gasteiger partial charge on any atom is -0.339 e. The van der Waals surface area contributed by atoms with Crippen LogP contribution >= 0.6 is 0 Å². The molecule has 0 amide bonds. The van der Waals surface area contributed by atoms with Gasteiger partial charge in [-0.15, -0.1) is 0 Å². The van der Waals surface area contributed by atoms with Gasteiger partial charge in [0.25, 0.3) is 0 Å². The van der Waals surface area contributed by atoms with Crippen molar-refractivity contribution >= 4 is 0 Å². The molecular weight excluding hydrogens is 252 g/mol. The third-order valence-corrected chi connectivity index (χ3v) is 3.52. The summed E-state index contributed by atoms with van der Waals surface area (Å²) in [5, 5.41) is 7.34. The molecule has 0 aliphatic rings. The van der Waals surface area contributed by atoms with Crippen molar-refractivity contribution in [2.24, 2.45) is 5.92 Å². The number of hydrogen-bond acceptors (Lipinski definition) is 5. The molecule has 2 rings (SSSR count). The van der Waals surface area contributed by atoms with E-state index in [1.165, 1.54) is 0 Å². The van der Waals surface area contributed by atoms with Crippen LogP contribution in [0.5, 0.6) is 0 Å². The summed E-state index contributed by atoms with van der Waals surface area (Å²) in [5.74, 6) is 1.74. The van der Waals surface area contributed by atoms with Gasteiger partial charge in [0.15, 0.2) is 0 Å². The lowest BCUT2D eigenvalue weighted by Crippen LogP contribution is -2.32. The Morgan fingerprint density at radius 1 is 1.35 bits per heavy atom. The fraction of sp³-hybridized carbons (Fsp3) is 0.533. The lowest BCUT2D eigenvalue weighted by atomic mass is 10.0. The van der Waals surface area contributed by atoms with Crippen molar-refractivity contribution in [3.05, 3.63) is 29.8 Å². The number of rotatable bonds is 6. The lowest BCUT2D eigenvalue weighted by molar-refractivity contribution is 0.335. The summed E-state index contributed by atoms with van der Waals surface area (Å²) in [6.07, 6.45) is 3.39. The highest BCUT2D eigenvalue weighted by Gasteiger charge is 2.18. The SMILES string of the molecule is CCc1cccnc1-c1noc(CC(NC)C(C)C)n1. The minimum atomic E-state index is 0.331. The quantitative estimate of drug-likeness (QED) is 0.876. The molecule has 5 heteroatoms. The van der Waals surface area contributed by atoms with E-state index in [1.807, 2.05) is 19.2 Å². The summed E-state index contributed by atoms with van der Waals surface area (Å²) >= 11 is 0. The first-order valence-corrected chi connectivity index (χ1v) is 7.09. The predicted octanol–water partition coefficient (Wildman–Crippen LogP) is 2.48. The van der Waals surface area contributed by atoms with E-state index in [2.05, 4.69) is 41.2 Å². The number of nitrogens with zero attached hydrogens (tertiary/aromatic N) is 3. The van der Waals surface area contributed by atoms with Crippen LogP contribution in [0.15, 0.2) is 22.9 Å². The third kappa shape index (κ3) is 3.22. The van der Waals surface area contributed by atoms with E-state index in [9.17, 15) is 0 Å². The maximum Gasteiger partial charge on any atom is 0.228 e. The van der Waals surface area contributed by atoms with Gasteiger partial charge in [-0.25, -0.2) is 0 Å². The Bertz CT molecular complexity index is 550. The second kappa shape index (κ2) is 6.61. The number of aromatic nitrogens is 3. The normalized spacial score (nSPS) is 12.8. The van der Waals surface area contributed by atoms with Gasteiger partial charge in [0.2, 0.25) is 11.7 Å². The van der Waals surface area contributed by atoms with E-state index in [1.54, 1.807) is 6.20 Å². The first-order valence-electron chi connectivity index (χ1n) is 7.09. The highest BCUT2D eigenvalue weighted by molar-refractivity contribution is 5.53. The smallest absolute Gasteiger partial charge is 0.228 e. The van der Waals surface area contributed by atoms with Crippen LogP contribution < -0.4 is 5.32 Å². The molecule has 0 radical (unpaired) electrons. The number of aryl methyl sites for hydroxylation is 1. The monoisotopic (exact) mass is 274 g/mol. The van der Waals surface area contributed by atoms with Gasteiger partial charge in [0.1, 0.15) is 5.69 Å². The molecule has 0 aliphatic carbocycles. The van der Waals surface area contributed by atoms with E-state index < -0.39 is 0 Å². The topological polar surface area (TPSA) is 63.8 Å². The molecule has 108 valence electrons. The molecule has 0 saturated heterocycles. The summed E-state index contributed by atoms with van der Waals surface area (Å²) in [6.45, 7) is 6.44. The Morgan fingerprint density at radius 3 is 2.80 bits per heavy atom. The van der Waals surface area contributed by atoms with E-state index in [0.717, 1.165) is 24.1 Å². The van der Waals surface area contributed by atoms with E-state index in [4.69, 9.17) is 4.52 Å². The number of pyridine rings is 1. The highest BCUT2D eigenvalue weighted by Crippen LogP contribution is 2.19. The van der Waals surface area contributed by atoms with Crippen LogP contribution in [0.3, 0.4) is 0 Å².